The second-order valence-electron chi connectivity index (χ2n) is 10.9. The van der Waals surface area contributed by atoms with E-state index in [4.69, 9.17) is 14.5 Å². The highest BCUT2D eigenvalue weighted by Crippen LogP contribution is 2.20. The van der Waals surface area contributed by atoms with Crippen molar-refractivity contribution in [3.8, 4) is 17.1 Å². The molecule has 0 N–H and O–H groups in total. The van der Waals surface area contributed by atoms with Crippen LogP contribution in [0.25, 0.3) is 11.4 Å². The van der Waals surface area contributed by atoms with Gasteiger partial charge in [0.25, 0.3) is 0 Å². The van der Waals surface area contributed by atoms with Crippen molar-refractivity contribution in [2.75, 3.05) is 19.8 Å². The number of nitrogens with zero attached hydrogens (tertiary/aromatic N) is 3. The zero-order chi connectivity index (χ0) is 27.3. The zero-order valence-electron chi connectivity index (χ0n) is 24.7. The highest BCUT2D eigenvalue weighted by molar-refractivity contribution is 6.52. The third-order valence-electron chi connectivity index (χ3n) is 7.05. The van der Waals surface area contributed by atoms with E-state index in [1.165, 1.54) is 70.3 Å². The molecule has 2 aromatic rings. The highest BCUT2D eigenvalue weighted by Gasteiger charge is 2.09. The van der Waals surface area contributed by atoms with Gasteiger partial charge in [0.15, 0.2) is 0 Å². The van der Waals surface area contributed by atoms with E-state index < -0.39 is 0 Å². The highest BCUT2D eigenvalue weighted by atomic mass is 28.2. The van der Waals surface area contributed by atoms with E-state index >= 15 is 0 Å². The normalized spacial score (nSPS) is 12.9. The van der Waals surface area contributed by atoms with Gasteiger partial charge in [-0.15, -0.1) is 0 Å². The van der Waals surface area contributed by atoms with Gasteiger partial charge in [0.1, 0.15) is 21.0 Å². The van der Waals surface area contributed by atoms with Crippen LogP contribution in [0.3, 0.4) is 0 Å². The Hall–Kier alpha value is -1.79. The van der Waals surface area contributed by atoms with Crippen LogP contribution in [0, 0.1) is 11.8 Å². The van der Waals surface area contributed by atoms with Crippen LogP contribution in [0.4, 0.5) is 0 Å². The van der Waals surface area contributed by atoms with Gasteiger partial charge in [-0.1, -0.05) is 97.9 Å². The average Bonchev–Trinajstić information content (AvgIpc) is 2.94. The maximum atomic E-state index is 5.84. The molecule has 0 aromatic carbocycles. The number of rotatable bonds is 23. The van der Waals surface area contributed by atoms with Gasteiger partial charge in [0.2, 0.25) is 0 Å². The summed E-state index contributed by atoms with van der Waals surface area (Å²) < 4.78 is 11.4. The van der Waals surface area contributed by atoms with E-state index in [0.29, 0.717) is 16.1 Å². The molecular weight excluding hydrogens is 486 g/mol. The second-order valence-corrected chi connectivity index (χ2v) is 12.2. The molecule has 6 heteroatoms. The summed E-state index contributed by atoms with van der Waals surface area (Å²) in [5.74, 6) is 2.43. The fourth-order valence-corrected chi connectivity index (χ4v) is 5.59. The molecule has 2 atom stereocenters. The van der Waals surface area contributed by atoms with Gasteiger partial charge < -0.3 is 9.47 Å². The molecule has 0 saturated heterocycles. The molecule has 0 bridgehead atoms. The lowest BCUT2D eigenvalue weighted by atomic mass is 9.96. The molecule has 0 amide bonds. The molecule has 2 heterocycles. The van der Waals surface area contributed by atoms with Gasteiger partial charge in [-0.3, -0.25) is 15.0 Å². The smallest absolute Gasteiger partial charge is 0.137 e. The van der Waals surface area contributed by atoms with Crippen molar-refractivity contribution in [1.29, 1.82) is 0 Å². The zero-order valence-corrected chi connectivity index (χ0v) is 25.7. The standard InChI is InChI=1S/C32H53N3O2Si/c1-5-7-10-15-27(3)16-11-9-12-17-28(4)26-38-32-25-33-24-31(35-32)30-19-18-29(23-34-30)37-22-14-13-21-36-20-8-6-2/h18-19,23-25,27-28H,5-17,20-22,26H2,1-4H3. The number of ether oxygens (including phenoxy) is 2. The minimum absolute atomic E-state index is 0.685. The summed E-state index contributed by atoms with van der Waals surface area (Å²) in [5, 5.41) is 1.08. The number of hydrogen-bond donors (Lipinski definition) is 0. The van der Waals surface area contributed by atoms with Gasteiger partial charge in [-0.25, -0.2) is 0 Å². The Balaban J connectivity index is 1.63. The molecule has 5 nitrogen and oxygen atoms in total. The first-order valence-corrected chi connectivity index (χ1v) is 16.6. The van der Waals surface area contributed by atoms with Crippen LogP contribution in [0.5, 0.6) is 5.75 Å². The Kier molecular flexibility index (Phi) is 18.0. The SMILES string of the molecule is CCCCCC(C)CCCCCC(C)C[Si]c1cncc(-c2ccc(OCCCCOCCCC)cn2)n1. The maximum absolute atomic E-state index is 5.84. The predicted molar refractivity (Wildman–Crippen MR) is 161 cm³/mol. The Morgan fingerprint density at radius 1 is 0.711 bits per heavy atom. The third-order valence-corrected chi connectivity index (χ3v) is 8.56. The van der Waals surface area contributed by atoms with Crippen LogP contribution in [0.1, 0.15) is 111 Å². The van der Waals surface area contributed by atoms with Crippen LogP contribution >= 0.6 is 0 Å². The molecule has 2 rings (SSSR count). The number of hydrogen-bond acceptors (Lipinski definition) is 5. The number of pyridine rings is 1. The molecule has 0 aliphatic rings. The van der Waals surface area contributed by atoms with Crippen molar-refractivity contribution in [3.05, 3.63) is 30.7 Å². The van der Waals surface area contributed by atoms with Crippen LogP contribution < -0.4 is 10.1 Å². The Bertz CT molecular complexity index is 834. The van der Waals surface area contributed by atoms with E-state index in [0.717, 1.165) is 66.8 Å². The van der Waals surface area contributed by atoms with E-state index in [2.05, 4.69) is 37.7 Å². The first kappa shape index (κ1) is 32.4. The summed E-state index contributed by atoms with van der Waals surface area (Å²) in [6, 6.07) is 5.15. The summed E-state index contributed by atoms with van der Waals surface area (Å²) in [6.07, 6.45) is 22.2. The lowest BCUT2D eigenvalue weighted by Crippen LogP contribution is -2.21. The van der Waals surface area contributed by atoms with Crippen molar-refractivity contribution in [1.82, 2.24) is 15.0 Å². The summed E-state index contributed by atoms with van der Waals surface area (Å²) in [7, 11) is 0.694. The van der Waals surface area contributed by atoms with Crippen molar-refractivity contribution in [3.63, 3.8) is 0 Å². The predicted octanol–water partition coefficient (Wildman–Crippen LogP) is 8.07. The third kappa shape index (κ3) is 15.0. The molecule has 0 saturated carbocycles. The molecule has 2 radical (unpaired) electrons. The van der Waals surface area contributed by atoms with Gasteiger partial charge in [-0.05, 0) is 43.2 Å². The fourth-order valence-electron chi connectivity index (χ4n) is 4.47. The van der Waals surface area contributed by atoms with Crippen LogP contribution in [-0.2, 0) is 4.74 Å². The topological polar surface area (TPSA) is 57.1 Å². The van der Waals surface area contributed by atoms with Crippen molar-refractivity contribution >= 4 is 14.8 Å². The van der Waals surface area contributed by atoms with Crippen LogP contribution in [0.2, 0.25) is 6.04 Å². The maximum Gasteiger partial charge on any atom is 0.137 e. The average molecular weight is 540 g/mol. The Morgan fingerprint density at radius 3 is 2.16 bits per heavy atom. The number of unbranched alkanes of at least 4 members (excludes halogenated alkanes) is 6. The lowest BCUT2D eigenvalue weighted by Gasteiger charge is -2.12. The first-order chi connectivity index (χ1) is 18.6. The van der Waals surface area contributed by atoms with E-state index in [1.54, 1.807) is 6.20 Å². The van der Waals surface area contributed by atoms with Gasteiger partial charge in [0, 0.05) is 24.7 Å². The minimum Gasteiger partial charge on any atom is -0.492 e. The van der Waals surface area contributed by atoms with Crippen molar-refractivity contribution < 1.29 is 9.47 Å². The lowest BCUT2D eigenvalue weighted by molar-refractivity contribution is 0.123. The molecule has 38 heavy (non-hydrogen) atoms. The molecular formula is C32H53N3O2Si. The summed E-state index contributed by atoms with van der Waals surface area (Å²) in [4.78, 5) is 13.9. The molecule has 212 valence electrons. The van der Waals surface area contributed by atoms with Crippen LogP contribution in [-0.4, -0.2) is 44.3 Å². The molecule has 0 spiro atoms. The quantitative estimate of drug-likeness (QED) is 0.106. The number of aromatic nitrogens is 3. The van der Waals surface area contributed by atoms with E-state index in [1.807, 2.05) is 24.5 Å². The monoisotopic (exact) mass is 539 g/mol. The minimum atomic E-state index is 0.685. The molecule has 0 aliphatic carbocycles. The Labute approximate surface area is 235 Å². The van der Waals surface area contributed by atoms with Crippen molar-refractivity contribution in [2.24, 2.45) is 11.8 Å². The summed E-state index contributed by atoms with van der Waals surface area (Å²) in [6.45, 7) is 11.7. The molecule has 2 unspecified atom stereocenters. The van der Waals surface area contributed by atoms with Gasteiger partial charge in [-0.2, -0.15) is 0 Å². The van der Waals surface area contributed by atoms with E-state index in [9.17, 15) is 0 Å². The van der Waals surface area contributed by atoms with Gasteiger partial charge >= 0.3 is 0 Å². The second kappa shape index (κ2) is 21.1. The molecule has 0 aliphatic heterocycles. The summed E-state index contributed by atoms with van der Waals surface area (Å²) in [5.41, 5.74) is 1.68. The van der Waals surface area contributed by atoms with Crippen LogP contribution in [0.15, 0.2) is 30.7 Å². The molecule has 0 fully saturated rings. The summed E-state index contributed by atoms with van der Waals surface area (Å²) >= 11 is 0. The fraction of sp³-hybridized carbons (Fsp3) is 0.719. The van der Waals surface area contributed by atoms with Gasteiger partial charge in [0.05, 0.1) is 24.7 Å². The van der Waals surface area contributed by atoms with Crippen molar-refractivity contribution in [2.45, 2.75) is 117 Å². The van der Waals surface area contributed by atoms with E-state index in [-0.39, 0.29) is 0 Å². The first-order valence-electron chi connectivity index (χ1n) is 15.3. The Morgan fingerprint density at radius 2 is 1.42 bits per heavy atom. The molecule has 2 aromatic heterocycles. The largest absolute Gasteiger partial charge is 0.492 e.